The molecule has 2 rings (SSSR count). The molecule has 0 unspecified atom stereocenters. The van der Waals surface area contributed by atoms with Gasteiger partial charge in [0.25, 0.3) is 0 Å². The van der Waals surface area contributed by atoms with Gasteiger partial charge in [-0.05, 0) is 37.9 Å². The van der Waals surface area contributed by atoms with Crippen LogP contribution in [0.4, 0.5) is 0 Å². The predicted octanol–water partition coefficient (Wildman–Crippen LogP) is 2.07. The van der Waals surface area contributed by atoms with Gasteiger partial charge in [-0.3, -0.25) is 0 Å². The number of hydrogen-bond acceptors (Lipinski definition) is 3. The first kappa shape index (κ1) is 10.6. The molecular weight excluding hydrogens is 186 g/mol. The minimum absolute atomic E-state index is 0.494. The van der Waals surface area contributed by atoms with Gasteiger partial charge < -0.3 is 5.32 Å². The van der Waals surface area contributed by atoms with Crippen molar-refractivity contribution in [1.29, 1.82) is 0 Å². The number of rotatable bonds is 2. The summed E-state index contributed by atoms with van der Waals surface area (Å²) in [5, 5.41) is 3.37. The van der Waals surface area contributed by atoms with Gasteiger partial charge in [0.2, 0.25) is 0 Å². The zero-order chi connectivity index (χ0) is 10.7. The van der Waals surface area contributed by atoms with Crippen LogP contribution in [0, 0.1) is 0 Å². The van der Waals surface area contributed by atoms with Gasteiger partial charge in [-0.2, -0.15) is 0 Å². The molecule has 1 aromatic heterocycles. The average molecular weight is 205 g/mol. The lowest BCUT2D eigenvalue weighted by molar-refractivity contribution is 0.443. The van der Waals surface area contributed by atoms with Crippen LogP contribution in [0.5, 0.6) is 0 Å². The van der Waals surface area contributed by atoms with Gasteiger partial charge in [0.05, 0.1) is 0 Å². The lowest BCUT2D eigenvalue weighted by atomic mass is 9.97. The van der Waals surface area contributed by atoms with Crippen molar-refractivity contribution in [2.75, 3.05) is 13.1 Å². The van der Waals surface area contributed by atoms with Crippen LogP contribution >= 0.6 is 0 Å². The number of hydrogen-bond donors (Lipinski definition) is 1. The van der Waals surface area contributed by atoms with Crippen LogP contribution in [0.25, 0.3) is 0 Å². The van der Waals surface area contributed by atoms with Crippen molar-refractivity contribution in [3.63, 3.8) is 0 Å². The number of nitrogens with one attached hydrogen (secondary N) is 1. The Morgan fingerprint density at radius 2 is 2.07 bits per heavy atom. The Morgan fingerprint density at radius 1 is 1.33 bits per heavy atom. The number of piperidine rings is 1. The third-order valence-electron chi connectivity index (χ3n) is 2.99. The maximum absolute atomic E-state index is 4.66. The van der Waals surface area contributed by atoms with Gasteiger partial charge in [0.15, 0.2) is 0 Å². The van der Waals surface area contributed by atoms with Gasteiger partial charge >= 0.3 is 0 Å². The molecule has 0 saturated carbocycles. The standard InChI is InChI=1S/C12H19N3/c1-9(2)11-5-8-14-12(15-11)10-3-6-13-7-4-10/h5,8-10,13H,3-4,6-7H2,1-2H3. The van der Waals surface area contributed by atoms with Crippen molar-refractivity contribution in [3.8, 4) is 0 Å². The van der Waals surface area contributed by atoms with E-state index in [1.54, 1.807) is 0 Å². The van der Waals surface area contributed by atoms with Gasteiger partial charge in [-0.25, -0.2) is 9.97 Å². The monoisotopic (exact) mass is 205 g/mol. The lowest BCUT2D eigenvalue weighted by Gasteiger charge is -2.21. The minimum Gasteiger partial charge on any atom is -0.317 e. The Morgan fingerprint density at radius 3 is 2.73 bits per heavy atom. The van der Waals surface area contributed by atoms with Crippen LogP contribution in [0.2, 0.25) is 0 Å². The van der Waals surface area contributed by atoms with E-state index < -0.39 is 0 Å². The topological polar surface area (TPSA) is 37.8 Å². The smallest absolute Gasteiger partial charge is 0.131 e. The number of aromatic nitrogens is 2. The van der Waals surface area contributed by atoms with E-state index in [0.29, 0.717) is 11.8 Å². The average Bonchev–Trinajstić information content (AvgIpc) is 2.30. The molecule has 0 spiro atoms. The molecule has 0 aliphatic carbocycles. The quantitative estimate of drug-likeness (QED) is 0.803. The van der Waals surface area contributed by atoms with Crippen LogP contribution in [0.15, 0.2) is 12.3 Å². The summed E-state index contributed by atoms with van der Waals surface area (Å²) in [7, 11) is 0. The summed E-state index contributed by atoms with van der Waals surface area (Å²) in [5.74, 6) is 2.10. The summed E-state index contributed by atoms with van der Waals surface area (Å²) in [6, 6.07) is 2.02. The molecule has 1 fully saturated rings. The molecule has 0 aromatic carbocycles. The lowest BCUT2D eigenvalue weighted by Crippen LogP contribution is -2.27. The van der Waals surface area contributed by atoms with E-state index in [1.165, 1.54) is 18.5 Å². The highest BCUT2D eigenvalue weighted by Gasteiger charge is 2.18. The molecule has 15 heavy (non-hydrogen) atoms. The molecule has 0 radical (unpaired) electrons. The molecule has 82 valence electrons. The van der Waals surface area contributed by atoms with Crippen molar-refractivity contribution >= 4 is 0 Å². The molecule has 0 bridgehead atoms. The molecule has 1 aliphatic rings. The number of nitrogens with zero attached hydrogens (tertiary/aromatic N) is 2. The molecule has 0 amide bonds. The van der Waals surface area contributed by atoms with Crippen LogP contribution < -0.4 is 5.32 Å². The zero-order valence-electron chi connectivity index (χ0n) is 9.53. The van der Waals surface area contributed by atoms with Crippen LogP contribution in [0.1, 0.15) is 50.0 Å². The molecule has 0 atom stereocenters. The summed E-state index contributed by atoms with van der Waals surface area (Å²) in [5.41, 5.74) is 1.17. The Bertz CT molecular complexity index is 316. The van der Waals surface area contributed by atoms with Crippen molar-refractivity contribution in [3.05, 3.63) is 23.8 Å². The second-order valence-corrected chi connectivity index (χ2v) is 4.52. The summed E-state index contributed by atoms with van der Waals surface area (Å²) in [4.78, 5) is 9.06. The Labute approximate surface area is 91.3 Å². The van der Waals surface area contributed by atoms with Crippen molar-refractivity contribution < 1.29 is 0 Å². The van der Waals surface area contributed by atoms with Crippen LogP contribution in [0.3, 0.4) is 0 Å². The van der Waals surface area contributed by atoms with E-state index >= 15 is 0 Å². The van der Waals surface area contributed by atoms with Gasteiger partial charge in [0, 0.05) is 17.8 Å². The predicted molar refractivity (Wildman–Crippen MR) is 61.0 cm³/mol. The highest BCUT2D eigenvalue weighted by Crippen LogP contribution is 2.22. The van der Waals surface area contributed by atoms with Gasteiger partial charge in [-0.15, -0.1) is 0 Å². The summed E-state index contributed by atoms with van der Waals surface area (Å²) in [6.45, 7) is 6.54. The minimum atomic E-state index is 0.494. The van der Waals surface area contributed by atoms with E-state index in [9.17, 15) is 0 Å². The second-order valence-electron chi connectivity index (χ2n) is 4.52. The molecule has 3 heteroatoms. The molecular formula is C12H19N3. The molecule has 1 N–H and O–H groups in total. The van der Waals surface area contributed by atoms with Crippen LogP contribution in [-0.4, -0.2) is 23.1 Å². The first-order valence-electron chi connectivity index (χ1n) is 5.81. The van der Waals surface area contributed by atoms with Crippen molar-refractivity contribution in [1.82, 2.24) is 15.3 Å². The van der Waals surface area contributed by atoms with Gasteiger partial charge in [0.1, 0.15) is 5.82 Å². The summed E-state index contributed by atoms with van der Waals surface area (Å²) >= 11 is 0. The highest BCUT2D eigenvalue weighted by molar-refractivity contribution is 5.09. The fourth-order valence-electron chi connectivity index (χ4n) is 1.99. The maximum atomic E-state index is 4.66. The fraction of sp³-hybridized carbons (Fsp3) is 0.667. The van der Waals surface area contributed by atoms with E-state index in [2.05, 4.69) is 29.1 Å². The van der Waals surface area contributed by atoms with E-state index in [-0.39, 0.29) is 0 Å². The Hall–Kier alpha value is -0.960. The van der Waals surface area contributed by atoms with Crippen molar-refractivity contribution in [2.24, 2.45) is 0 Å². The second kappa shape index (κ2) is 4.71. The van der Waals surface area contributed by atoms with Crippen molar-refractivity contribution in [2.45, 2.75) is 38.5 Å². The first-order chi connectivity index (χ1) is 7.27. The molecule has 3 nitrogen and oxygen atoms in total. The van der Waals surface area contributed by atoms with Crippen LogP contribution in [-0.2, 0) is 0 Å². The molecule has 1 aliphatic heterocycles. The van der Waals surface area contributed by atoms with E-state index in [1.807, 2.05) is 12.3 Å². The third kappa shape index (κ3) is 2.53. The fourth-order valence-corrected chi connectivity index (χ4v) is 1.99. The van der Waals surface area contributed by atoms with E-state index in [4.69, 9.17) is 0 Å². The highest BCUT2D eigenvalue weighted by atomic mass is 14.9. The molecule has 1 saturated heterocycles. The first-order valence-corrected chi connectivity index (χ1v) is 5.81. The molecule has 1 aromatic rings. The molecule has 2 heterocycles. The zero-order valence-corrected chi connectivity index (χ0v) is 9.53. The maximum Gasteiger partial charge on any atom is 0.131 e. The third-order valence-corrected chi connectivity index (χ3v) is 2.99. The SMILES string of the molecule is CC(C)c1ccnc(C2CCNCC2)n1. The summed E-state index contributed by atoms with van der Waals surface area (Å²) in [6.07, 6.45) is 4.24. The van der Waals surface area contributed by atoms with Gasteiger partial charge in [-0.1, -0.05) is 13.8 Å². The van der Waals surface area contributed by atoms with E-state index in [0.717, 1.165) is 18.9 Å². The normalized spacial score (nSPS) is 18.3. The Kier molecular flexibility index (Phi) is 3.31. The largest absolute Gasteiger partial charge is 0.317 e. The summed E-state index contributed by atoms with van der Waals surface area (Å²) < 4.78 is 0. The Balaban J connectivity index is 2.16.